The maximum atomic E-state index is 13.5. The van der Waals surface area contributed by atoms with Crippen molar-refractivity contribution in [1.29, 1.82) is 0 Å². The van der Waals surface area contributed by atoms with Gasteiger partial charge in [0.25, 0.3) is 0 Å². The van der Waals surface area contributed by atoms with Gasteiger partial charge in [-0.15, -0.1) is 0 Å². The van der Waals surface area contributed by atoms with E-state index in [0.717, 1.165) is 6.26 Å². The lowest BCUT2D eigenvalue weighted by atomic mass is 9.91. The largest absolute Gasteiger partial charge is 0.465 e. The molecule has 0 aromatic heterocycles. The zero-order valence-corrected chi connectivity index (χ0v) is 30.0. The highest BCUT2D eigenvalue weighted by Crippen LogP contribution is 2.17. The smallest absolute Gasteiger partial charge is 0.405 e. The van der Waals surface area contributed by atoms with E-state index in [1.165, 1.54) is 0 Å². The molecule has 0 aliphatic heterocycles. The number of carboxylic acid groups (broad SMARTS) is 1. The minimum atomic E-state index is -3.53. The van der Waals surface area contributed by atoms with Crippen molar-refractivity contribution in [3.05, 3.63) is 0 Å². The maximum Gasteiger partial charge on any atom is 0.405 e. The van der Waals surface area contributed by atoms with E-state index in [4.69, 9.17) is 0 Å². The Kier molecular flexibility index (Phi) is 19.0. The van der Waals surface area contributed by atoms with Crippen molar-refractivity contribution in [2.24, 2.45) is 29.6 Å². The SMILES string of the molecule is CC(C)CNC(=O)[C@@H](NC(=O)[C@H](C)C[C@H](O)[C@H](CC(C)C)NC(=O)[C@H](CCS(C)(=O)=O)NC(=O)[C@H](CC(C)C)NC(=O)O)C(C)C. The Morgan fingerprint density at radius 2 is 1.20 bits per heavy atom. The van der Waals surface area contributed by atoms with Gasteiger partial charge in [-0.1, -0.05) is 62.3 Å². The first-order valence-electron chi connectivity index (χ1n) is 16.1. The molecule has 268 valence electrons. The normalized spacial score (nSPS) is 15.9. The number of aliphatic hydroxyl groups is 1. The van der Waals surface area contributed by atoms with Crippen LogP contribution in [0.2, 0.25) is 0 Å². The third-order valence-electron chi connectivity index (χ3n) is 7.22. The molecule has 0 rings (SSSR count). The fraction of sp³-hybridized carbons (Fsp3) is 0.839. The van der Waals surface area contributed by atoms with Crippen LogP contribution < -0.4 is 26.6 Å². The van der Waals surface area contributed by atoms with Crippen molar-refractivity contribution in [2.75, 3.05) is 18.6 Å². The molecule has 46 heavy (non-hydrogen) atoms. The molecule has 0 saturated carbocycles. The Morgan fingerprint density at radius 1 is 0.652 bits per heavy atom. The van der Waals surface area contributed by atoms with E-state index in [0.29, 0.717) is 13.0 Å². The summed E-state index contributed by atoms with van der Waals surface area (Å²) in [5.41, 5.74) is 0. The van der Waals surface area contributed by atoms with Crippen molar-refractivity contribution >= 4 is 39.6 Å². The third kappa shape index (κ3) is 18.3. The van der Waals surface area contributed by atoms with E-state index in [2.05, 4.69) is 26.6 Å². The molecule has 0 heterocycles. The van der Waals surface area contributed by atoms with Crippen LogP contribution in [0.1, 0.15) is 88.0 Å². The summed E-state index contributed by atoms with van der Waals surface area (Å²) in [5.74, 6) is -3.46. The quantitative estimate of drug-likeness (QED) is 0.0933. The summed E-state index contributed by atoms with van der Waals surface area (Å²) in [6.45, 7) is 17.0. The summed E-state index contributed by atoms with van der Waals surface area (Å²) in [5, 5.41) is 33.4. The van der Waals surface area contributed by atoms with Crippen LogP contribution in [0.15, 0.2) is 0 Å². The minimum Gasteiger partial charge on any atom is -0.465 e. The molecule has 0 aromatic rings. The zero-order chi connectivity index (χ0) is 35.9. The highest BCUT2D eigenvalue weighted by molar-refractivity contribution is 7.90. The van der Waals surface area contributed by atoms with Crippen molar-refractivity contribution in [2.45, 2.75) is 118 Å². The Morgan fingerprint density at radius 3 is 1.65 bits per heavy atom. The highest BCUT2D eigenvalue weighted by atomic mass is 32.2. The number of amides is 5. The molecule has 5 amide bonds. The van der Waals surface area contributed by atoms with Gasteiger partial charge in [0.15, 0.2) is 0 Å². The third-order valence-corrected chi connectivity index (χ3v) is 8.20. The van der Waals surface area contributed by atoms with Gasteiger partial charge in [0, 0.05) is 18.7 Å². The van der Waals surface area contributed by atoms with Crippen molar-refractivity contribution < 1.29 is 42.6 Å². The molecule has 0 unspecified atom stereocenters. The van der Waals surface area contributed by atoms with E-state index in [1.807, 2.05) is 41.5 Å². The van der Waals surface area contributed by atoms with Crippen LogP contribution in [-0.4, -0.2) is 97.2 Å². The van der Waals surface area contributed by atoms with Gasteiger partial charge in [-0.3, -0.25) is 19.2 Å². The van der Waals surface area contributed by atoms with Crippen molar-refractivity contribution in [3.63, 3.8) is 0 Å². The average molecular weight is 678 g/mol. The van der Waals surface area contributed by atoms with Gasteiger partial charge in [-0.25, -0.2) is 13.2 Å². The van der Waals surface area contributed by atoms with Gasteiger partial charge in [0.1, 0.15) is 28.0 Å². The second-order valence-corrected chi connectivity index (χ2v) is 16.2. The molecule has 0 saturated heterocycles. The number of carbonyl (C=O) groups excluding carboxylic acids is 4. The fourth-order valence-electron chi connectivity index (χ4n) is 4.71. The first kappa shape index (κ1) is 43.1. The number of sulfone groups is 1. The monoisotopic (exact) mass is 677 g/mol. The number of carbonyl (C=O) groups is 5. The topological polar surface area (TPSA) is 220 Å². The zero-order valence-electron chi connectivity index (χ0n) is 29.2. The van der Waals surface area contributed by atoms with Gasteiger partial charge in [0.2, 0.25) is 23.6 Å². The lowest BCUT2D eigenvalue weighted by Crippen LogP contribution is -2.57. The predicted octanol–water partition coefficient (Wildman–Crippen LogP) is 1.42. The predicted molar refractivity (Wildman–Crippen MR) is 176 cm³/mol. The van der Waals surface area contributed by atoms with Crippen molar-refractivity contribution in [3.8, 4) is 0 Å². The number of nitrogens with one attached hydrogen (secondary N) is 5. The Bertz CT molecular complexity index is 1110. The lowest BCUT2D eigenvalue weighted by molar-refractivity contribution is -0.133. The second kappa shape index (κ2) is 20.3. The highest BCUT2D eigenvalue weighted by Gasteiger charge is 2.33. The Hall–Kier alpha value is -2.94. The molecule has 6 atom stereocenters. The van der Waals surface area contributed by atoms with E-state index in [-0.39, 0.29) is 48.8 Å². The van der Waals surface area contributed by atoms with Crippen LogP contribution in [0.5, 0.6) is 0 Å². The summed E-state index contributed by atoms with van der Waals surface area (Å²) < 4.78 is 23.8. The molecule has 0 bridgehead atoms. The van der Waals surface area contributed by atoms with Crippen LogP contribution in [-0.2, 0) is 29.0 Å². The molecule has 0 aromatic carbocycles. The molecular weight excluding hydrogens is 618 g/mol. The van der Waals surface area contributed by atoms with Crippen LogP contribution in [0.3, 0.4) is 0 Å². The standard InChI is InChI=1S/C31H59N5O9S/c1-17(2)13-23(25(37)15-21(9)27(38)36-26(20(7)8)30(41)32-16-19(5)6)34-28(39)22(11-12-46(10,44)45)33-29(40)24(14-18(3)4)35-31(42)43/h17-26,35,37H,11-16H2,1-10H3,(H,32,41)(H,33,40)(H,34,39)(H,36,38)(H,42,43)/t21-,22+,23+,24+,25+,26+/m1/s1. The molecule has 7 N–H and O–H groups in total. The van der Waals surface area contributed by atoms with E-state index < -0.39 is 75.6 Å². The van der Waals surface area contributed by atoms with Crippen LogP contribution in [0.25, 0.3) is 0 Å². The molecule has 0 radical (unpaired) electrons. The molecule has 0 spiro atoms. The Labute approximate surface area is 274 Å². The summed E-state index contributed by atoms with van der Waals surface area (Å²) in [6.07, 6.45) is -1.52. The summed E-state index contributed by atoms with van der Waals surface area (Å²) >= 11 is 0. The lowest BCUT2D eigenvalue weighted by Gasteiger charge is -2.30. The van der Waals surface area contributed by atoms with Crippen LogP contribution in [0, 0.1) is 29.6 Å². The average Bonchev–Trinajstić information content (AvgIpc) is 2.89. The van der Waals surface area contributed by atoms with E-state index in [1.54, 1.807) is 20.8 Å². The number of rotatable bonds is 21. The van der Waals surface area contributed by atoms with Gasteiger partial charge in [-0.2, -0.15) is 0 Å². The first-order chi connectivity index (χ1) is 21.0. The van der Waals surface area contributed by atoms with E-state index >= 15 is 0 Å². The van der Waals surface area contributed by atoms with Gasteiger partial charge in [0.05, 0.1) is 17.9 Å². The van der Waals surface area contributed by atoms with E-state index in [9.17, 15) is 42.6 Å². The second-order valence-electron chi connectivity index (χ2n) is 13.9. The molecule has 0 fully saturated rings. The van der Waals surface area contributed by atoms with Gasteiger partial charge < -0.3 is 36.8 Å². The van der Waals surface area contributed by atoms with Gasteiger partial charge in [-0.05, 0) is 49.4 Å². The number of aliphatic hydroxyl groups excluding tert-OH is 1. The molecule has 14 nitrogen and oxygen atoms in total. The summed E-state index contributed by atoms with van der Waals surface area (Å²) in [7, 11) is -3.53. The maximum absolute atomic E-state index is 13.5. The first-order valence-corrected chi connectivity index (χ1v) is 18.1. The molecule has 15 heteroatoms. The van der Waals surface area contributed by atoms with Crippen LogP contribution in [0.4, 0.5) is 4.79 Å². The molecular formula is C31H59N5O9S. The van der Waals surface area contributed by atoms with Gasteiger partial charge >= 0.3 is 6.09 Å². The number of hydrogen-bond donors (Lipinski definition) is 7. The molecule has 0 aliphatic carbocycles. The molecule has 0 aliphatic rings. The minimum absolute atomic E-state index is 0.00157. The summed E-state index contributed by atoms with van der Waals surface area (Å²) in [4.78, 5) is 63.6. The van der Waals surface area contributed by atoms with Crippen molar-refractivity contribution in [1.82, 2.24) is 26.6 Å². The van der Waals surface area contributed by atoms with Crippen LogP contribution >= 0.6 is 0 Å². The fourth-order valence-corrected chi connectivity index (χ4v) is 5.37. The number of hydrogen-bond acceptors (Lipinski definition) is 8. The summed E-state index contributed by atoms with van der Waals surface area (Å²) in [6, 6.07) is -4.15. The Balaban J connectivity index is 5.88.